The van der Waals surface area contributed by atoms with E-state index < -0.39 is 0 Å². The number of aliphatic hydroxyl groups excluding tert-OH is 1. The molecule has 7 nitrogen and oxygen atoms in total. The van der Waals surface area contributed by atoms with E-state index in [2.05, 4.69) is 32.4 Å². The van der Waals surface area contributed by atoms with Crippen molar-refractivity contribution < 1.29 is 9.84 Å². The number of rotatable bonds is 6. The first-order chi connectivity index (χ1) is 8.35. The minimum absolute atomic E-state index is 0.0545. The van der Waals surface area contributed by atoms with Crippen molar-refractivity contribution in [3.63, 3.8) is 0 Å². The van der Waals surface area contributed by atoms with Crippen molar-refractivity contribution in [3.8, 4) is 5.88 Å². The molecule has 2 aromatic heterocycles. The van der Waals surface area contributed by atoms with Gasteiger partial charge in [-0.1, -0.05) is 6.92 Å². The van der Waals surface area contributed by atoms with Crippen LogP contribution >= 0.6 is 0 Å². The van der Waals surface area contributed by atoms with Crippen LogP contribution in [0.1, 0.15) is 13.3 Å². The normalized spacial score (nSPS) is 10.7. The highest BCUT2D eigenvalue weighted by Gasteiger charge is 2.10. The van der Waals surface area contributed by atoms with E-state index in [4.69, 9.17) is 9.84 Å². The number of aromatic nitrogens is 4. The Hall–Kier alpha value is -1.89. The van der Waals surface area contributed by atoms with E-state index in [1.54, 1.807) is 6.20 Å². The predicted octanol–water partition coefficient (Wildman–Crippen LogP) is 0.546. The van der Waals surface area contributed by atoms with Crippen LogP contribution in [0.3, 0.4) is 0 Å². The maximum Gasteiger partial charge on any atom is 0.229 e. The van der Waals surface area contributed by atoms with Crippen LogP contribution in [-0.4, -0.2) is 45.0 Å². The van der Waals surface area contributed by atoms with Crippen molar-refractivity contribution >= 4 is 17.0 Å². The zero-order chi connectivity index (χ0) is 12.1. The molecule has 0 unspecified atom stereocenters. The minimum Gasteiger partial charge on any atom is -0.475 e. The lowest BCUT2D eigenvalue weighted by molar-refractivity contribution is 0.198. The van der Waals surface area contributed by atoms with E-state index in [1.807, 2.05) is 0 Å². The van der Waals surface area contributed by atoms with Crippen molar-refractivity contribution in [2.24, 2.45) is 0 Å². The molecule has 0 aliphatic heterocycles. The van der Waals surface area contributed by atoms with Crippen LogP contribution in [0.15, 0.2) is 6.20 Å². The number of ether oxygens (including phenoxy) is 1. The highest BCUT2D eigenvalue weighted by atomic mass is 16.5. The Balaban J connectivity index is 2.29. The molecule has 92 valence electrons. The fraction of sp³-hybridized carbons (Fsp3) is 0.500. The van der Waals surface area contributed by atoms with E-state index in [0.29, 0.717) is 22.9 Å². The summed E-state index contributed by atoms with van der Waals surface area (Å²) < 4.78 is 5.35. The number of nitrogens with one attached hydrogen (secondary N) is 2. The van der Waals surface area contributed by atoms with Gasteiger partial charge in [-0.15, -0.1) is 0 Å². The number of H-pyrrole nitrogens is 1. The molecule has 0 aromatic carbocycles. The number of fused-ring (bicyclic) bond motifs is 1. The van der Waals surface area contributed by atoms with E-state index in [9.17, 15) is 0 Å². The lowest BCUT2D eigenvalue weighted by atomic mass is 10.4. The second kappa shape index (κ2) is 5.44. The van der Waals surface area contributed by atoms with Crippen LogP contribution in [-0.2, 0) is 0 Å². The quantitative estimate of drug-likeness (QED) is 0.678. The first-order valence-electron chi connectivity index (χ1n) is 5.53. The zero-order valence-electron chi connectivity index (χ0n) is 9.60. The van der Waals surface area contributed by atoms with Crippen LogP contribution in [0, 0.1) is 0 Å². The summed E-state index contributed by atoms with van der Waals surface area (Å²) in [7, 11) is 0. The fourth-order valence-electron chi connectivity index (χ4n) is 1.38. The molecule has 0 bridgehead atoms. The summed E-state index contributed by atoms with van der Waals surface area (Å²) in [6.07, 6.45) is 2.59. The number of hydrogen-bond donors (Lipinski definition) is 3. The SMILES string of the molecule is CCCNc1nc(OCCO)c2cn[nH]c2n1. The Morgan fingerprint density at radius 2 is 2.35 bits per heavy atom. The Kier molecular flexibility index (Phi) is 3.71. The summed E-state index contributed by atoms with van der Waals surface area (Å²) in [4.78, 5) is 8.49. The highest BCUT2D eigenvalue weighted by molar-refractivity contribution is 5.80. The topological polar surface area (TPSA) is 96.0 Å². The van der Waals surface area contributed by atoms with Gasteiger partial charge in [0.15, 0.2) is 5.65 Å². The van der Waals surface area contributed by atoms with Gasteiger partial charge in [0.25, 0.3) is 0 Å². The van der Waals surface area contributed by atoms with Gasteiger partial charge in [-0.05, 0) is 6.42 Å². The molecular weight excluding hydrogens is 222 g/mol. The van der Waals surface area contributed by atoms with Crippen LogP contribution in [0.4, 0.5) is 5.95 Å². The highest BCUT2D eigenvalue weighted by Crippen LogP contribution is 2.21. The van der Waals surface area contributed by atoms with Gasteiger partial charge in [-0.25, -0.2) is 0 Å². The van der Waals surface area contributed by atoms with Crippen LogP contribution in [0.2, 0.25) is 0 Å². The zero-order valence-corrected chi connectivity index (χ0v) is 9.60. The van der Waals surface area contributed by atoms with Crippen molar-refractivity contribution in [2.45, 2.75) is 13.3 Å². The maximum absolute atomic E-state index is 8.75. The molecule has 0 radical (unpaired) electrons. The molecule has 0 amide bonds. The minimum atomic E-state index is -0.0545. The molecule has 2 aromatic rings. The average Bonchev–Trinajstić information content (AvgIpc) is 2.81. The summed E-state index contributed by atoms with van der Waals surface area (Å²) >= 11 is 0. The van der Waals surface area contributed by atoms with E-state index in [1.165, 1.54) is 0 Å². The van der Waals surface area contributed by atoms with E-state index in [-0.39, 0.29) is 13.2 Å². The van der Waals surface area contributed by atoms with E-state index in [0.717, 1.165) is 13.0 Å². The molecular formula is C10H15N5O2. The molecule has 0 saturated heterocycles. The van der Waals surface area contributed by atoms with Crippen molar-refractivity contribution in [1.29, 1.82) is 0 Å². The third kappa shape index (κ3) is 2.62. The third-order valence-corrected chi connectivity index (χ3v) is 2.14. The van der Waals surface area contributed by atoms with Gasteiger partial charge >= 0.3 is 0 Å². The lowest BCUT2D eigenvalue weighted by Crippen LogP contribution is -2.08. The smallest absolute Gasteiger partial charge is 0.229 e. The van der Waals surface area contributed by atoms with Gasteiger partial charge in [-0.3, -0.25) is 5.10 Å². The number of anilines is 1. The van der Waals surface area contributed by atoms with Gasteiger partial charge in [0.2, 0.25) is 11.8 Å². The van der Waals surface area contributed by atoms with Gasteiger partial charge in [-0.2, -0.15) is 15.1 Å². The second-order valence-corrected chi connectivity index (χ2v) is 3.48. The Bertz CT molecular complexity index is 485. The molecule has 2 heterocycles. The van der Waals surface area contributed by atoms with Crippen LogP contribution in [0.25, 0.3) is 11.0 Å². The first kappa shape index (κ1) is 11.6. The fourth-order valence-corrected chi connectivity index (χ4v) is 1.38. The Labute approximate surface area is 98.2 Å². The molecule has 0 aliphatic rings. The largest absolute Gasteiger partial charge is 0.475 e. The number of aromatic amines is 1. The van der Waals surface area contributed by atoms with Gasteiger partial charge < -0.3 is 15.2 Å². The van der Waals surface area contributed by atoms with Gasteiger partial charge in [0.05, 0.1) is 12.8 Å². The van der Waals surface area contributed by atoms with Gasteiger partial charge in [0, 0.05) is 6.54 Å². The predicted molar refractivity (Wildman–Crippen MR) is 63.0 cm³/mol. The molecule has 7 heteroatoms. The first-order valence-corrected chi connectivity index (χ1v) is 5.53. The number of nitrogens with zero attached hydrogens (tertiary/aromatic N) is 3. The lowest BCUT2D eigenvalue weighted by Gasteiger charge is -2.07. The molecule has 0 saturated carbocycles. The molecule has 0 atom stereocenters. The molecule has 0 fully saturated rings. The Morgan fingerprint density at radius 1 is 1.47 bits per heavy atom. The van der Waals surface area contributed by atoms with Crippen molar-refractivity contribution in [1.82, 2.24) is 20.2 Å². The number of hydrogen-bond acceptors (Lipinski definition) is 6. The molecule has 2 rings (SSSR count). The molecule has 0 spiro atoms. The molecule has 3 N–H and O–H groups in total. The molecule has 0 aliphatic carbocycles. The standard InChI is InChI=1S/C10H15N5O2/c1-2-3-11-10-13-8-7(6-12-15-8)9(14-10)17-5-4-16/h6,16H,2-5H2,1H3,(H2,11,12,13,14,15). The summed E-state index contributed by atoms with van der Waals surface area (Å²) in [5.74, 6) is 0.924. The monoisotopic (exact) mass is 237 g/mol. The molecule has 17 heavy (non-hydrogen) atoms. The average molecular weight is 237 g/mol. The summed E-state index contributed by atoms with van der Waals surface area (Å²) in [5.41, 5.74) is 0.617. The Morgan fingerprint density at radius 3 is 3.12 bits per heavy atom. The summed E-state index contributed by atoms with van der Waals surface area (Å²) in [5, 5.41) is 19.2. The van der Waals surface area contributed by atoms with Crippen LogP contribution < -0.4 is 10.1 Å². The summed E-state index contributed by atoms with van der Waals surface area (Å²) in [6.45, 7) is 3.00. The summed E-state index contributed by atoms with van der Waals surface area (Å²) in [6, 6.07) is 0. The van der Waals surface area contributed by atoms with Gasteiger partial charge in [0.1, 0.15) is 12.0 Å². The number of aliphatic hydroxyl groups is 1. The van der Waals surface area contributed by atoms with E-state index >= 15 is 0 Å². The third-order valence-electron chi connectivity index (χ3n) is 2.14. The van der Waals surface area contributed by atoms with Crippen molar-refractivity contribution in [3.05, 3.63) is 6.20 Å². The maximum atomic E-state index is 8.75. The van der Waals surface area contributed by atoms with Crippen molar-refractivity contribution in [2.75, 3.05) is 25.1 Å². The van der Waals surface area contributed by atoms with Crippen LogP contribution in [0.5, 0.6) is 5.88 Å². The second-order valence-electron chi connectivity index (χ2n) is 3.48.